The van der Waals surface area contributed by atoms with Crippen LogP contribution in [0.2, 0.25) is 0 Å². The molecule has 0 amide bonds. The number of carboxylic acids is 1. The number of carboxylic acid groups (broad SMARTS) is 1. The van der Waals surface area contributed by atoms with Crippen molar-refractivity contribution in [2.24, 2.45) is 11.3 Å². The number of carbonyl (C=O) groups is 1. The summed E-state index contributed by atoms with van der Waals surface area (Å²) in [6.45, 7) is 9.48. The van der Waals surface area contributed by atoms with Crippen molar-refractivity contribution in [3.05, 3.63) is 77.4 Å². The number of alkyl halides is 8. The molecule has 0 bridgehead atoms. The molecule has 0 saturated carbocycles. The zero-order valence-electron chi connectivity index (χ0n) is 22.2. The van der Waals surface area contributed by atoms with Crippen LogP contribution in [0.3, 0.4) is 0 Å². The molecule has 11 heteroatoms. The standard InChI is InChI=1S/C29H31F8NO2/c1-17(18-5-9-20(10-6-18)28(32,33)34)23(16-26(2,3)4)38-14-13-27(30,31)22(15-24(39)40)25(38)19-7-11-21(12-8-19)29(35,36)37/h5-12,22-23,25H,1,13-16H2,2-4H3,(H,39,40)/t22-,23+,25-/m1/s1. The first-order chi connectivity index (χ1) is 18.2. The molecule has 1 aliphatic rings. The molecule has 0 unspecified atom stereocenters. The van der Waals surface area contributed by atoms with Gasteiger partial charge >= 0.3 is 18.3 Å². The van der Waals surface area contributed by atoms with E-state index in [1.165, 1.54) is 12.1 Å². The van der Waals surface area contributed by atoms with Gasteiger partial charge in [-0.1, -0.05) is 51.6 Å². The molecule has 0 aliphatic carbocycles. The number of benzene rings is 2. The molecule has 1 fully saturated rings. The fourth-order valence-corrected chi connectivity index (χ4v) is 5.24. The molecule has 40 heavy (non-hydrogen) atoms. The van der Waals surface area contributed by atoms with Crippen molar-refractivity contribution in [3.8, 4) is 0 Å². The van der Waals surface area contributed by atoms with Crippen LogP contribution in [0.15, 0.2) is 55.1 Å². The molecule has 0 aromatic heterocycles. The first-order valence-corrected chi connectivity index (χ1v) is 12.6. The molecule has 3 rings (SSSR count). The molecule has 3 atom stereocenters. The third kappa shape index (κ3) is 7.41. The minimum absolute atomic E-state index is 0.0813. The van der Waals surface area contributed by atoms with Crippen LogP contribution >= 0.6 is 0 Å². The quantitative estimate of drug-likeness (QED) is 0.335. The summed E-state index contributed by atoms with van der Waals surface area (Å²) in [6, 6.07) is 5.89. The Morgan fingerprint density at radius 3 is 1.85 bits per heavy atom. The summed E-state index contributed by atoms with van der Waals surface area (Å²) in [7, 11) is 0. The second-order valence-corrected chi connectivity index (χ2v) is 11.4. The Morgan fingerprint density at radius 2 is 1.43 bits per heavy atom. The summed E-state index contributed by atoms with van der Waals surface area (Å²) >= 11 is 0. The van der Waals surface area contributed by atoms with Crippen LogP contribution in [0.5, 0.6) is 0 Å². The predicted octanol–water partition coefficient (Wildman–Crippen LogP) is 8.72. The topological polar surface area (TPSA) is 40.5 Å². The molecule has 1 saturated heterocycles. The molecule has 1 aliphatic heterocycles. The molecular weight excluding hydrogens is 546 g/mol. The lowest BCUT2D eigenvalue weighted by Gasteiger charge is -2.50. The van der Waals surface area contributed by atoms with Gasteiger partial charge in [-0.25, -0.2) is 8.78 Å². The van der Waals surface area contributed by atoms with Crippen molar-refractivity contribution in [1.82, 2.24) is 4.90 Å². The Morgan fingerprint density at radius 1 is 0.950 bits per heavy atom. The Kier molecular flexibility index (Phi) is 8.79. The van der Waals surface area contributed by atoms with E-state index in [-0.39, 0.29) is 12.1 Å². The van der Waals surface area contributed by atoms with E-state index >= 15 is 8.78 Å². The second kappa shape index (κ2) is 11.1. The maximum absolute atomic E-state index is 15.3. The van der Waals surface area contributed by atoms with Gasteiger partial charge in [0.15, 0.2) is 0 Å². The molecule has 2 aromatic rings. The number of hydrogen-bond acceptors (Lipinski definition) is 2. The number of likely N-dealkylation sites (tertiary alicyclic amines) is 1. The lowest BCUT2D eigenvalue weighted by molar-refractivity contribution is -0.161. The Labute approximate surface area is 227 Å². The van der Waals surface area contributed by atoms with Gasteiger partial charge in [0.25, 0.3) is 5.92 Å². The van der Waals surface area contributed by atoms with Gasteiger partial charge in [-0.3, -0.25) is 9.69 Å². The Balaban J connectivity index is 2.15. The van der Waals surface area contributed by atoms with Gasteiger partial charge in [-0.05, 0) is 52.8 Å². The van der Waals surface area contributed by atoms with Crippen molar-refractivity contribution in [2.45, 2.75) is 70.4 Å². The van der Waals surface area contributed by atoms with Crippen LogP contribution in [0.1, 0.15) is 68.3 Å². The van der Waals surface area contributed by atoms with Gasteiger partial charge < -0.3 is 5.11 Å². The fraction of sp³-hybridized carbons (Fsp3) is 0.483. The number of piperidine rings is 1. The van der Waals surface area contributed by atoms with Crippen molar-refractivity contribution in [1.29, 1.82) is 0 Å². The van der Waals surface area contributed by atoms with Gasteiger partial charge in [-0.2, -0.15) is 26.3 Å². The average molecular weight is 578 g/mol. The monoisotopic (exact) mass is 577 g/mol. The van der Waals surface area contributed by atoms with Crippen LogP contribution in [-0.2, 0) is 17.1 Å². The summed E-state index contributed by atoms with van der Waals surface area (Å²) in [4.78, 5) is 13.3. The van der Waals surface area contributed by atoms with E-state index < -0.39 is 71.6 Å². The van der Waals surface area contributed by atoms with Crippen molar-refractivity contribution in [2.75, 3.05) is 6.54 Å². The number of nitrogens with zero attached hydrogens (tertiary/aromatic N) is 1. The highest BCUT2D eigenvalue weighted by molar-refractivity contribution is 5.69. The van der Waals surface area contributed by atoms with E-state index in [1.54, 1.807) is 4.90 Å². The van der Waals surface area contributed by atoms with E-state index in [9.17, 15) is 36.2 Å². The molecule has 1 heterocycles. The molecular formula is C29H31F8NO2. The molecule has 0 spiro atoms. The Hall–Kier alpha value is -2.95. The maximum atomic E-state index is 15.3. The summed E-state index contributed by atoms with van der Waals surface area (Å²) in [5.74, 6) is -6.71. The zero-order valence-corrected chi connectivity index (χ0v) is 22.2. The van der Waals surface area contributed by atoms with Gasteiger partial charge in [0.2, 0.25) is 0 Å². The van der Waals surface area contributed by atoms with Crippen molar-refractivity contribution >= 4 is 11.5 Å². The van der Waals surface area contributed by atoms with E-state index in [4.69, 9.17) is 0 Å². The molecule has 0 radical (unpaired) electrons. The normalized spacial score (nSPS) is 21.2. The highest BCUT2D eigenvalue weighted by Gasteiger charge is 2.53. The number of halogens is 8. The molecule has 220 valence electrons. The van der Waals surface area contributed by atoms with E-state index in [1.807, 2.05) is 20.8 Å². The minimum Gasteiger partial charge on any atom is -0.481 e. The number of rotatable bonds is 7. The van der Waals surface area contributed by atoms with Crippen molar-refractivity contribution in [3.63, 3.8) is 0 Å². The van der Waals surface area contributed by atoms with Crippen LogP contribution in [-0.4, -0.2) is 34.5 Å². The van der Waals surface area contributed by atoms with Crippen LogP contribution in [0, 0.1) is 11.3 Å². The summed E-state index contributed by atoms with van der Waals surface area (Å²) in [5, 5.41) is 9.49. The predicted molar refractivity (Wildman–Crippen MR) is 135 cm³/mol. The number of aliphatic carboxylic acids is 1. The molecule has 2 aromatic carbocycles. The van der Waals surface area contributed by atoms with E-state index in [2.05, 4.69) is 6.58 Å². The molecule has 1 N–H and O–H groups in total. The SMILES string of the molecule is C=C(c1ccc(C(F)(F)F)cc1)[C@H](CC(C)(C)C)N1CCC(F)(F)[C@H](CC(=O)O)[C@H]1c1ccc(C(F)(F)F)cc1. The summed E-state index contributed by atoms with van der Waals surface area (Å²) < 4.78 is 110. The van der Waals surface area contributed by atoms with Gasteiger partial charge in [-0.15, -0.1) is 0 Å². The van der Waals surface area contributed by atoms with E-state index in [0.29, 0.717) is 17.6 Å². The van der Waals surface area contributed by atoms with Gasteiger partial charge in [0.05, 0.1) is 23.5 Å². The first kappa shape index (κ1) is 31.6. The largest absolute Gasteiger partial charge is 0.481 e. The highest BCUT2D eigenvalue weighted by Crippen LogP contribution is 2.50. The second-order valence-electron chi connectivity index (χ2n) is 11.4. The zero-order chi connectivity index (χ0) is 30.3. The third-order valence-electron chi connectivity index (χ3n) is 7.15. The van der Waals surface area contributed by atoms with Gasteiger partial charge in [0, 0.05) is 25.0 Å². The van der Waals surface area contributed by atoms with Crippen LogP contribution in [0.4, 0.5) is 35.1 Å². The number of hydrogen-bond donors (Lipinski definition) is 1. The minimum atomic E-state index is -4.67. The summed E-state index contributed by atoms with van der Waals surface area (Å²) in [5.41, 5.74) is -1.55. The summed E-state index contributed by atoms with van der Waals surface area (Å²) in [6.07, 6.45) is -10.6. The Bertz CT molecular complexity index is 1200. The lowest BCUT2D eigenvalue weighted by atomic mass is 9.75. The van der Waals surface area contributed by atoms with Crippen LogP contribution in [0.25, 0.3) is 5.57 Å². The third-order valence-corrected chi connectivity index (χ3v) is 7.15. The smallest absolute Gasteiger partial charge is 0.416 e. The van der Waals surface area contributed by atoms with Crippen LogP contribution < -0.4 is 0 Å². The van der Waals surface area contributed by atoms with E-state index in [0.717, 1.165) is 36.4 Å². The molecule has 3 nitrogen and oxygen atoms in total. The average Bonchev–Trinajstić information content (AvgIpc) is 2.82. The lowest BCUT2D eigenvalue weighted by Crippen LogP contribution is -2.54. The maximum Gasteiger partial charge on any atom is 0.416 e. The first-order valence-electron chi connectivity index (χ1n) is 12.6. The van der Waals surface area contributed by atoms with Crippen molar-refractivity contribution < 1.29 is 45.0 Å². The van der Waals surface area contributed by atoms with Gasteiger partial charge in [0.1, 0.15) is 0 Å². The fourth-order valence-electron chi connectivity index (χ4n) is 5.24. The highest BCUT2D eigenvalue weighted by atomic mass is 19.4.